The second-order valence-corrected chi connectivity index (χ2v) is 3.86. The number of alkyl halides is 3. The van der Waals surface area contributed by atoms with Crippen molar-refractivity contribution < 1.29 is 17.9 Å². The predicted molar refractivity (Wildman–Crippen MR) is 59.5 cm³/mol. The van der Waals surface area contributed by atoms with E-state index in [1.165, 1.54) is 20.1 Å². The Morgan fingerprint density at radius 3 is 2.50 bits per heavy atom. The van der Waals surface area contributed by atoms with Crippen molar-refractivity contribution in [3.8, 4) is 0 Å². The summed E-state index contributed by atoms with van der Waals surface area (Å²) in [5, 5.41) is 0.275. The summed E-state index contributed by atoms with van der Waals surface area (Å²) in [7, 11) is 1.40. The molecule has 1 aromatic rings. The number of halogens is 3. The molecule has 0 fully saturated rings. The van der Waals surface area contributed by atoms with E-state index < -0.39 is 11.7 Å². The van der Waals surface area contributed by atoms with Crippen molar-refractivity contribution >= 4 is 17.3 Å². The first-order valence-corrected chi connectivity index (χ1v) is 4.99. The van der Waals surface area contributed by atoms with Gasteiger partial charge < -0.3 is 4.74 Å². The lowest BCUT2D eigenvalue weighted by Crippen LogP contribution is -2.09. The number of benzene rings is 1. The van der Waals surface area contributed by atoms with Gasteiger partial charge in [-0.1, -0.05) is 12.1 Å². The minimum absolute atomic E-state index is 0.208. The van der Waals surface area contributed by atoms with E-state index in [1.807, 2.05) is 0 Å². The average molecular weight is 248 g/mol. The van der Waals surface area contributed by atoms with Crippen LogP contribution in [0.2, 0.25) is 0 Å². The third kappa shape index (κ3) is 3.20. The van der Waals surface area contributed by atoms with E-state index in [2.05, 4.69) is 0 Å². The van der Waals surface area contributed by atoms with Crippen molar-refractivity contribution in [3.63, 3.8) is 0 Å². The van der Waals surface area contributed by atoms with Crippen LogP contribution in [0, 0.1) is 6.92 Å². The fourth-order valence-corrected chi connectivity index (χ4v) is 1.49. The molecule has 0 aliphatic carbocycles. The molecule has 16 heavy (non-hydrogen) atoms. The third-order valence-electron chi connectivity index (χ3n) is 2.18. The van der Waals surface area contributed by atoms with Crippen LogP contribution in [-0.4, -0.2) is 12.2 Å². The molecule has 0 aliphatic heterocycles. The van der Waals surface area contributed by atoms with Gasteiger partial charge in [-0.15, -0.1) is 0 Å². The lowest BCUT2D eigenvalue weighted by Gasteiger charge is -2.12. The van der Waals surface area contributed by atoms with E-state index in [0.717, 1.165) is 6.07 Å². The summed E-state index contributed by atoms with van der Waals surface area (Å²) >= 11 is 4.80. The fraction of sp³-hybridized carbons (Fsp3) is 0.364. The molecule has 5 heteroatoms. The highest BCUT2D eigenvalue weighted by Gasteiger charge is 2.32. The molecule has 0 radical (unpaired) electrons. The normalized spacial score (nSPS) is 11.3. The highest BCUT2D eigenvalue weighted by Crippen LogP contribution is 2.32. The van der Waals surface area contributed by atoms with Crippen LogP contribution in [0.1, 0.15) is 16.7 Å². The Labute approximate surface area is 97.2 Å². The van der Waals surface area contributed by atoms with Crippen LogP contribution in [0.15, 0.2) is 18.2 Å². The minimum Gasteiger partial charge on any atom is -0.490 e. The van der Waals surface area contributed by atoms with Crippen molar-refractivity contribution in [2.75, 3.05) is 7.11 Å². The molecule has 0 saturated heterocycles. The fourth-order valence-electron chi connectivity index (χ4n) is 1.32. The molecule has 1 rings (SSSR count). The molecule has 1 aromatic carbocycles. The summed E-state index contributed by atoms with van der Waals surface area (Å²) in [6.07, 6.45) is -4.11. The van der Waals surface area contributed by atoms with Gasteiger partial charge >= 0.3 is 6.18 Å². The van der Waals surface area contributed by atoms with Crippen molar-refractivity contribution in [2.45, 2.75) is 19.5 Å². The molecular weight excluding hydrogens is 237 g/mol. The summed E-state index contributed by atoms with van der Waals surface area (Å²) in [6.45, 7) is 1.43. The van der Waals surface area contributed by atoms with Gasteiger partial charge in [0.2, 0.25) is 0 Å². The smallest absolute Gasteiger partial charge is 0.416 e. The van der Waals surface area contributed by atoms with Gasteiger partial charge in [0.15, 0.2) is 5.05 Å². The summed E-state index contributed by atoms with van der Waals surface area (Å²) in [4.78, 5) is 0. The molecule has 0 atom stereocenters. The average Bonchev–Trinajstić information content (AvgIpc) is 2.19. The highest BCUT2D eigenvalue weighted by molar-refractivity contribution is 7.80. The van der Waals surface area contributed by atoms with Gasteiger partial charge in [-0.3, -0.25) is 0 Å². The topological polar surface area (TPSA) is 9.23 Å². The van der Waals surface area contributed by atoms with E-state index in [-0.39, 0.29) is 17.0 Å². The van der Waals surface area contributed by atoms with Crippen molar-refractivity contribution in [1.82, 2.24) is 0 Å². The van der Waals surface area contributed by atoms with E-state index in [4.69, 9.17) is 17.0 Å². The first kappa shape index (κ1) is 13.0. The van der Waals surface area contributed by atoms with Crippen LogP contribution >= 0.6 is 12.2 Å². The van der Waals surface area contributed by atoms with Gasteiger partial charge in [0, 0.05) is 6.42 Å². The molecule has 0 N–H and O–H groups in total. The van der Waals surface area contributed by atoms with Gasteiger partial charge in [0.1, 0.15) is 0 Å². The van der Waals surface area contributed by atoms with Gasteiger partial charge in [0.25, 0.3) is 0 Å². The second kappa shape index (κ2) is 4.82. The van der Waals surface area contributed by atoms with Crippen molar-refractivity contribution in [2.24, 2.45) is 0 Å². The largest absolute Gasteiger partial charge is 0.490 e. The number of methoxy groups -OCH3 is 1. The maximum Gasteiger partial charge on any atom is 0.416 e. The van der Waals surface area contributed by atoms with E-state index in [1.54, 1.807) is 6.07 Å². The monoisotopic (exact) mass is 248 g/mol. The number of hydrogen-bond acceptors (Lipinski definition) is 2. The quantitative estimate of drug-likeness (QED) is 0.740. The molecule has 88 valence electrons. The standard InChI is InChI=1S/C11H11F3OS/c1-7-3-4-8(6-10(16)15-2)5-9(7)11(12,13)14/h3-5H,6H2,1-2H3. The Hall–Kier alpha value is -1.10. The van der Waals surface area contributed by atoms with Crippen molar-refractivity contribution in [1.29, 1.82) is 0 Å². The summed E-state index contributed by atoms with van der Waals surface area (Å²) < 4.78 is 42.5. The number of ether oxygens (including phenoxy) is 1. The van der Waals surface area contributed by atoms with Crippen LogP contribution in [-0.2, 0) is 17.3 Å². The third-order valence-corrected chi connectivity index (χ3v) is 2.49. The van der Waals surface area contributed by atoms with Crippen LogP contribution in [0.3, 0.4) is 0 Å². The van der Waals surface area contributed by atoms with Crippen molar-refractivity contribution in [3.05, 3.63) is 34.9 Å². The second-order valence-electron chi connectivity index (χ2n) is 3.40. The maximum atomic E-state index is 12.6. The maximum absolute atomic E-state index is 12.6. The SMILES string of the molecule is COC(=S)Cc1ccc(C)c(C(F)(F)F)c1. The molecule has 0 heterocycles. The Morgan fingerprint density at radius 1 is 1.38 bits per heavy atom. The van der Waals surface area contributed by atoms with E-state index in [0.29, 0.717) is 5.56 Å². The van der Waals surface area contributed by atoms with Crippen LogP contribution < -0.4 is 0 Å². The molecule has 0 aromatic heterocycles. The molecule has 0 bridgehead atoms. The highest BCUT2D eigenvalue weighted by atomic mass is 32.1. The Balaban J connectivity index is 3.03. The zero-order valence-electron chi connectivity index (χ0n) is 8.89. The van der Waals surface area contributed by atoms with E-state index in [9.17, 15) is 13.2 Å². The van der Waals surface area contributed by atoms with Gasteiger partial charge in [-0.2, -0.15) is 13.2 Å². The summed E-state index contributed by atoms with van der Waals surface area (Å²) in [5.41, 5.74) is 0.0910. The number of rotatable bonds is 2. The Kier molecular flexibility index (Phi) is 3.91. The van der Waals surface area contributed by atoms with Gasteiger partial charge in [0.05, 0.1) is 12.7 Å². The first-order valence-electron chi connectivity index (χ1n) is 4.58. The van der Waals surface area contributed by atoms with Gasteiger partial charge in [-0.05, 0) is 36.3 Å². The summed E-state index contributed by atoms with van der Waals surface area (Å²) in [5.74, 6) is 0. The molecule has 1 nitrogen and oxygen atoms in total. The summed E-state index contributed by atoms with van der Waals surface area (Å²) in [6, 6.07) is 4.17. The van der Waals surface area contributed by atoms with Gasteiger partial charge in [-0.25, -0.2) is 0 Å². The van der Waals surface area contributed by atoms with Crippen LogP contribution in [0.5, 0.6) is 0 Å². The Morgan fingerprint density at radius 2 is 2.00 bits per heavy atom. The predicted octanol–water partition coefficient (Wildman–Crippen LogP) is 3.53. The lowest BCUT2D eigenvalue weighted by molar-refractivity contribution is -0.138. The molecule has 0 spiro atoms. The molecular formula is C11H11F3OS. The number of hydrogen-bond donors (Lipinski definition) is 0. The molecule has 0 unspecified atom stereocenters. The number of thiocarbonyl (C=S) groups is 1. The van der Waals surface area contributed by atoms with Crippen LogP contribution in [0.25, 0.3) is 0 Å². The number of aryl methyl sites for hydroxylation is 1. The Bertz CT molecular complexity index is 399. The lowest BCUT2D eigenvalue weighted by atomic mass is 10.0. The van der Waals surface area contributed by atoms with Crippen LogP contribution in [0.4, 0.5) is 13.2 Å². The molecule has 0 saturated carbocycles. The molecule has 0 aliphatic rings. The zero-order valence-corrected chi connectivity index (χ0v) is 9.71. The first-order chi connectivity index (χ1) is 7.34. The zero-order chi connectivity index (χ0) is 12.3. The minimum atomic E-state index is -4.32. The molecule has 0 amide bonds. The van der Waals surface area contributed by atoms with E-state index >= 15 is 0 Å².